The van der Waals surface area contributed by atoms with Crippen molar-refractivity contribution in [2.24, 2.45) is 0 Å². The van der Waals surface area contributed by atoms with Crippen LogP contribution >= 0.6 is 23.7 Å². The van der Waals surface area contributed by atoms with Gasteiger partial charge < -0.3 is 10.1 Å². The topological polar surface area (TPSA) is 105 Å². The third kappa shape index (κ3) is 6.97. The summed E-state index contributed by atoms with van der Waals surface area (Å²) in [6, 6.07) is 22.9. The Kier molecular flexibility index (Phi) is 9.49. The summed E-state index contributed by atoms with van der Waals surface area (Å²) in [6.07, 6.45) is 0.675. The number of esters is 1. The molecule has 2 heterocycles. The van der Waals surface area contributed by atoms with Gasteiger partial charge in [0, 0.05) is 35.8 Å². The molecule has 0 atom stereocenters. The van der Waals surface area contributed by atoms with Gasteiger partial charge in [-0.05, 0) is 60.9 Å². The van der Waals surface area contributed by atoms with Gasteiger partial charge in [0.15, 0.2) is 0 Å². The molecule has 0 unspecified atom stereocenters. The Morgan fingerprint density at radius 2 is 1.66 bits per heavy atom. The molecule has 0 saturated heterocycles. The van der Waals surface area contributed by atoms with Crippen molar-refractivity contribution in [3.63, 3.8) is 0 Å². The summed E-state index contributed by atoms with van der Waals surface area (Å²) in [4.78, 5) is 29.4. The van der Waals surface area contributed by atoms with Crippen molar-refractivity contribution in [1.82, 2.24) is 4.90 Å². The molecule has 1 aliphatic rings. The summed E-state index contributed by atoms with van der Waals surface area (Å²) >= 11 is 1.39. The molecular formula is C30H30ClN3O5S2. The number of hydrogen-bond acceptors (Lipinski definition) is 7. The fraction of sp³-hybridized carbons (Fsp3) is 0.200. The third-order valence-corrected chi connectivity index (χ3v) is 9.26. The van der Waals surface area contributed by atoms with Crippen LogP contribution in [0, 0.1) is 6.92 Å². The summed E-state index contributed by atoms with van der Waals surface area (Å²) in [5.41, 5.74) is 4.15. The van der Waals surface area contributed by atoms with Gasteiger partial charge in [0.2, 0.25) is 0 Å². The van der Waals surface area contributed by atoms with Gasteiger partial charge in [-0.3, -0.25) is 14.4 Å². The Morgan fingerprint density at radius 3 is 2.32 bits per heavy atom. The van der Waals surface area contributed by atoms with E-state index in [1.807, 2.05) is 25.1 Å². The van der Waals surface area contributed by atoms with E-state index in [2.05, 4.69) is 27.1 Å². The minimum absolute atomic E-state index is 0. The van der Waals surface area contributed by atoms with E-state index in [9.17, 15) is 18.0 Å². The minimum Gasteiger partial charge on any atom is -0.465 e. The van der Waals surface area contributed by atoms with Gasteiger partial charge in [-0.25, -0.2) is 13.2 Å². The van der Waals surface area contributed by atoms with E-state index in [0.29, 0.717) is 34.8 Å². The molecule has 5 rings (SSSR count). The molecular weight excluding hydrogens is 582 g/mol. The number of aryl methyl sites for hydroxylation is 1. The number of methoxy groups -OCH3 is 1. The number of nitrogens with zero attached hydrogens (tertiary/aromatic N) is 1. The predicted molar refractivity (Wildman–Crippen MR) is 164 cm³/mol. The highest BCUT2D eigenvalue weighted by molar-refractivity contribution is 7.92. The molecule has 1 aliphatic heterocycles. The summed E-state index contributed by atoms with van der Waals surface area (Å²) < 4.78 is 33.0. The highest BCUT2D eigenvalue weighted by atomic mass is 35.5. The molecule has 0 bridgehead atoms. The van der Waals surface area contributed by atoms with Crippen molar-refractivity contribution in [2.75, 3.05) is 23.7 Å². The van der Waals surface area contributed by atoms with E-state index < -0.39 is 21.9 Å². The standard InChI is InChI=1S/C30H29N3O5S2.ClH/c1-20-8-14-24(15-9-20)40(36,37)32-23-12-10-22(11-13-23)28(34)31-29-27(30(35)38-2)25-16-17-33(19-26(25)39-29)18-21-6-4-3-5-7-21;/h3-15,32H,16-19H2,1-2H3,(H,31,34);1H. The summed E-state index contributed by atoms with van der Waals surface area (Å²) in [5.74, 6) is -0.886. The maximum absolute atomic E-state index is 13.1. The molecule has 0 saturated carbocycles. The molecule has 0 spiro atoms. The van der Waals surface area contributed by atoms with E-state index >= 15 is 0 Å². The van der Waals surface area contributed by atoms with Crippen molar-refractivity contribution in [2.45, 2.75) is 31.3 Å². The summed E-state index contributed by atoms with van der Waals surface area (Å²) in [5, 5.41) is 3.34. The van der Waals surface area contributed by atoms with Crippen molar-refractivity contribution in [3.8, 4) is 0 Å². The zero-order valence-electron chi connectivity index (χ0n) is 22.5. The number of carbonyl (C=O) groups is 2. The molecule has 0 fully saturated rings. The van der Waals surface area contributed by atoms with E-state index in [1.54, 1.807) is 24.3 Å². The number of rotatable bonds is 8. The predicted octanol–water partition coefficient (Wildman–Crippen LogP) is 5.88. The lowest BCUT2D eigenvalue weighted by atomic mass is 10.0. The number of amides is 1. The number of anilines is 2. The fourth-order valence-electron chi connectivity index (χ4n) is 4.64. The van der Waals surface area contributed by atoms with Crippen LogP contribution in [-0.2, 0) is 34.3 Å². The maximum atomic E-state index is 13.1. The normalized spacial score (nSPS) is 13.0. The van der Waals surface area contributed by atoms with Crippen LogP contribution in [0.5, 0.6) is 0 Å². The number of sulfonamides is 1. The van der Waals surface area contributed by atoms with Crippen LogP contribution in [0.1, 0.15) is 42.3 Å². The van der Waals surface area contributed by atoms with Gasteiger partial charge in [0.05, 0.1) is 17.6 Å². The van der Waals surface area contributed by atoms with Crippen LogP contribution in [0.4, 0.5) is 10.7 Å². The largest absolute Gasteiger partial charge is 0.465 e. The Morgan fingerprint density at radius 1 is 0.976 bits per heavy atom. The second-order valence-corrected chi connectivity index (χ2v) is 12.4. The quantitative estimate of drug-likeness (QED) is 0.241. The molecule has 8 nitrogen and oxygen atoms in total. The van der Waals surface area contributed by atoms with Gasteiger partial charge in [0.1, 0.15) is 5.00 Å². The number of nitrogens with one attached hydrogen (secondary N) is 2. The van der Waals surface area contributed by atoms with Crippen molar-refractivity contribution in [3.05, 3.63) is 112 Å². The van der Waals surface area contributed by atoms with Crippen LogP contribution in [0.25, 0.3) is 0 Å². The van der Waals surface area contributed by atoms with Crippen LogP contribution in [0.2, 0.25) is 0 Å². The third-order valence-electron chi connectivity index (χ3n) is 6.73. The summed E-state index contributed by atoms with van der Waals surface area (Å²) in [6.45, 7) is 4.14. The van der Waals surface area contributed by atoms with E-state index in [4.69, 9.17) is 4.74 Å². The van der Waals surface area contributed by atoms with Gasteiger partial charge in [-0.2, -0.15) is 0 Å². The highest BCUT2D eigenvalue weighted by Crippen LogP contribution is 2.38. The Bertz CT molecular complexity index is 1640. The molecule has 1 aromatic heterocycles. The van der Waals surface area contributed by atoms with Crippen LogP contribution in [-0.4, -0.2) is 38.8 Å². The van der Waals surface area contributed by atoms with Crippen molar-refractivity contribution >= 4 is 56.3 Å². The number of fused-ring (bicyclic) bond motifs is 1. The zero-order chi connectivity index (χ0) is 28.3. The fourth-order valence-corrected chi connectivity index (χ4v) is 6.97. The lowest BCUT2D eigenvalue weighted by Gasteiger charge is -2.27. The maximum Gasteiger partial charge on any atom is 0.341 e. The Balaban J connectivity index is 0.00000387. The number of hydrogen-bond donors (Lipinski definition) is 2. The monoisotopic (exact) mass is 611 g/mol. The first kappa shape index (κ1) is 30.3. The number of carbonyl (C=O) groups excluding carboxylic acids is 2. The lowest BCUT2D eigenvalue weighted by Crippen LogP contribution is -2.29. The molecule has 41 heavy (non-hydrogen) atoms. The van der Waals surface area contributed by atoms with Gasteiger partial charge in [-0.1, -0.05) is 48.0 Å². The average Bonchev–Trinajstić information content (AvgIpc) is 3.30. The Labute approximate surface area is 249 Å². The van der Waals surface area contributed by atoms with E-state index in [1.165, 1.54) is 48.3 Å². The molecule has 4 aromatic rings. The first-order chi connectivity index (χ1) is 19.2. The lowest BCUT2D eigenvalue weighted by molar-refractivity contribution is 0.0600. The van der Waals surface area contributed by atoms with Crippen LogP contribution in [0.3, 0.4) is 0 Å². The molecule has 11 heteroatoms. The van der Waals surface area contributed by atoms with Gasteiger partial charge in [0.25, 0.3) is 15.9 Å². The van der Waals surface area contributed by atoms with Gasteiger partial charge in [-0.15, -0.1) is 23.7 Å². The van der Waals surface area contributed by atoms with Crippen molar-refractivity contribution in [1.29, 1.82) is 0 Å². The molecule has 214 valence electrons. The van der Waals surface area contributed by atoms with E-state index in [-0.39, 0.29) is 17.3 Å². The number of ether oxygens (including phenoxy) is 1. The smallest absolute Gasteiger partial charge is 0.341 e. The SMILES string of the molecule is COC(=O)c1c(NC(=O)c2ccc(NS(=O)(=O)c3ccc(C)cc3)cc2)sc2c1CCN(Cc1ccccc1)C2.Cl. The second kappa shape index (κ2) is 12.9. The number of thiophene rings is 1. The minimum atomic E-state index is -3.76. The van der Waals surface area contributed by atoms with E-state index in [0.717, 1.165) is 29.1 Å². The molecule has 3 aromatic carbocycles. The van der Waals surface area contributed by atoms with Crippen LogP contribution < -0.4 is 10.0 Å². The Hall–Kier alpha value is -3.70. The number of halogens is 1. The molecule has 1 amide bonds. The molecule has 0 radical (unpaired) electrons. The molecule has 0 aliphatic carbocycles. The first-order valence-electron chi connectivity index (χ1n) is 12.7. The zero-order valence-corrected chi connectivity index (χ0v) is 25.0. The van der Waals surface area contributed by atoms with Crippen LogP contribution in [0.15, 0.2) is 83.8 Å². The number of benzene rings is 3. The molecule has 2 N–H and O–H groups in total. The second-order valence-electron chi connectivity index (χ2n) is 9.60. The highest BCUT2D eigenvalue weighted by Gasteiger charge is 2.29. The van der Waals surface area contributed by atoms with Crippen molar-refractivity contribution < 1.29 is 22.7 Å². The average molecular weight is 612 g/mol. The van der Waals surface area contributed by atoms with Gasteiger partial charge >= 0.3 is 5.97 Å². The first-order valence-corrected chi connectivity index (χ1v) is 15.0. The summed E-state index contributed by atoms with van der Waals surface area (Å²) in [7, 11) is -2.43.